The predicted molar refractivity (Wildman–Crippen MR) is 69.6 cm³/mol. The summed E-state index contributed by atoms with van der Waals surface area (Å²) in [7, 11) is 0. The third-order valence-corrected chi connectivity index (χ3v) is 2.93. The summed E-state index contributed by atoms with van der Waals surface area (Å²) in [6, 6.07) is 10.1. The number of morpholine rings is 1. The highest BCUT2D eigenvalue weighted by Crippen LogP contribution is 2.13. The van der Waals surface area contributed by atoms with Crippen LogP contribution in [-0.4, -0.2) is 41.1 Å². The highest BCUT2D eigenvalue weighted by Gasteiger charge is 2.09. The van der Waals surface area contributed by atoms with E-state index in [1.54, 1.807) is 6.20 Å². The van der Waals surface area contributed by atoms with Crippen molar-refractivity contribution in [3.8, 4) is 5.69 Å². The number of hydrazine groups is 1. The number of aromatic nitrogens is 2. The maximum Gasteiger partial charge on any atom is 0.0647 e. The number of hydrogen-bond acceptors (Lipinski definition) is 4. The molecule has 2 aromatic rings. The van der Waals surface area contributed by atoms with Crippen LogP contribution in [0.5, 0.6) is 0 Å². The Kier molecular flexibility index (Phi) is 3.25. The maximum atomic E-state index is 5.31. The van der Waals surface area contributed by atoms with Gasteiger partial charge >= 0.3 is 0 Å². The highest BCUT2D eigenvalue weighted by atomic mass is 16.5. The monoisotopic (exact) mass is 244 g/mol. The average molecular weight is 244 g/mol. The lowest BCUT2D eigenvalue weighted by Crippen LogP contribution is -2.40. The summed E-state index contributed by atoms with van der Waals surface area (Å²) in [5.41, 5.74) is 5.53. The minimum atomic E-state index is 0.790. The van der Waals surface area contributed by atoms with Crippen LogP contribution in [0.4, 0.5) is 5.69 Å². The van der Waals surface area contributed by atoms with E-state index in [9.17, 15) is 0 Å². The van der Waals surface area contributed by atoms with E-state index in [2.05, 4.69) is 39.8 Å². The molecule has 5 nitrogen and oxygen atoms in total. The molecular formula is C13H16N4O. The van der Waals surface area contributed by atoms with E-state index in [1.807, 2.05) is 16.9 Å². The molecule has 3 rings (SSSR count). The number of hydrogen-bond donors (Lipinski definition) is 1. The Bertz CT molecular complexity index is 474. The van der Waals surface area contributed by atoms with Crippen molar-refractivity contribution in [1.29, 1.82) is 0 Å². The quantitative estimate of drug-likeness (QED) is 0.889. The Balaban J connectivity index is 1.67. The Hall–Kier alpha value is -1.85. The van der Waals surface area contributed by atoms with Gasteiger partial charge < -0.3 is 10.2 Å². The summed E-state index contributed by atoms with van der Waals surface area (Å²) in [5, 5.41) is 6.37. The van der Waals surface area contributed by atoms with Crippen molar-refractivity contribution in [3.63, 3.8) is 0 Å². The van der Waals surface area contributed by atoms with Crippen molar-refractivity contribution in [1.82, 2.24) is 14.8 Å². The topological polar surface area (TPSA) is 42.3 Å². The van der Waals surface area contributed by atoms with Crippen LogP contribution < -0.4 is 5.43 Å². The highest BCUT2D eigenvalue weighted by molar-refractivity contribution is 5.47. The Labute approximate surface area is 106 Å². The van der Waals surface area contributed by atoms with Crippen LogP contribution >= 0.6 is 0 Å². The second kappa shape index (κ2) is 5.20. The van der Waals surface area contributed by atoms with Crippen LogP contribution in [0.15, 0.2) is 42.7 Å². The first kappa shape index (κ1) is 11.3. The van der Waals surface area contributed by atoms with Gasteiger partial charge in [-0.1, -0.05) is 0 Å². The van der Waals surface area contributed by atoms with Crippen molar-refractivity contribution in [2.24, 2.45) is 0 Å². The first-order chi connectivity index (χ1) is 8.92. The van der Waals surface area contributed by atoms with E-state index in [0.717, 1.165) is 37.7 Å². The average Bonchev–Trinajstić information content (AvgIpc) is 2.95. The number of nitrogens with one attached hydrogen (secondary N) is 1. The summed E-state index contributed by atoms with van der Waals surface area (Å²) in [4.78, 5) is 0. The maximum absolute atomic E-state index is 5.31. The van der Waals surface area contributed by atoms with Crippen molar-refractivity contribution in [3.05, 3.63) is 42.7 Å². The molecular weight excluding hydrogens is 228 g/mol. The van der Waals surface area contributed by atoms with Crippen molar-refractivity contribution in [2.75, 3.05) is 31.7 Å². The molecule has 1 fully saturated rings. The van der Waals surface area contributed by atoms with Crippen molar-refractivity contribution < 1.29 is 4.74 Å². The number of rotatable bonds is 3. The minimum Gasteiger partial charge on any atom is -0.379 e. The third-order valence-electron chi connectivity index (χ3n) is 2.93. The van der Waals surface area contributed by atoms with Crippen LogP contribution in [0.2, 0.25) is 0 Å². The van der Waals surface area contributed by atoms with Gasteiger partial charge in [0.15, 0.2) is 0 Å². The van der Waals surface area contributed by atoms with E-state index >= 15 is 0 Å². The van der Waals surface area contributed by atoms with Crippen molar-refractivity contribution in [2.45, 2.75) is 0 Å². The Morgan fingerprint density at radius 3 is 2.56 bits per heavy atom. The van der Waals surface area contributed by atoms with E-state index in [4.69, 9.17) is 4.74 Å². The Morgan fingerprint density at radius 2 is 1.89 bits per heavy atom. The molecule has 2 heterocycles. The summed E-state index contributed by atoms with van der Waals surface area (Å²) >= 11 is 0. The number of anilines is 1. The van der Waals surface area contributed by atoms with Crippen LogP contribution in [0.25, 0.3) is 5.69 Å². The largest absolute Gasteiger partial charge is 0.379 e. The molecule has 0 aliphatic carbocycles. The fourth-order valence-corrected chi connectivity index (χ4v) is 1.97. The smallest absolute Gasteiger partial charge is 0.0647 e. The second-order valence-electron chi connectivity index (χ2n) is 4.21. The van der Waals surface area contributed by atoms with Gasteiger partial charge in [-0.15, -0.1) is 0 Å². The zero-order chi connectivity index (χ0) is 12.2. The first-order valence-corrected chi connectivity index (χ1v) is 6.11. The van der Waals surface area contributed by atoms with E-state index in [0.29, 0.717) is 0 Å². The molecule has 5 heteroatoms. The van der Waals surface area contributed by atoms with Gasteiger partial charge in [-0.2, -0.15) is 5.10 Å². The summed E-state index contributed by atoms with van der Waals surface area (Å²) in [6.07, 6.45) is 3.71. The molecule has 0 saturated carbocycles. The van der Waals surface area contributed by atoms with Gasteiger partial charge in [-0.25, -0.2) is 9.69 Å². The summed E-state index contributed by atoms with van der Waals surface area (Å²) in [5.74, 6) is 0. The number of nitrogens with zero attached hydrogens (tertiary/aromatic N) is 3. The molecule has 0 unspecified atom stereocenters. The van der Waals surface area contributed by atoms with Crippen LogP contribution in [0.1, 0.15) is 0 Å². The van der Waals surface area contributed by atoms with Crippen LogP contribution in [-0.2, 0) is 4.74 Å². The molecule has 0 atom stereocenters. The zero-order valence-corrected chi connectivity index (χ0v) is 10.1. The molecule has 1 N–H and O–H groups in total. The van der Waals surface area contributed by atoms with Gasteiger partial charge in [0, 0.05) is 31.2 Å². The SMILES string of the molecule is c1cnn(-c2ccc(NN3CCOCC3)cc2)c1. The normalized spacial score (nSPS) is 16.7. The molecule has 0 amide bonds. The zero-order valence-electron chi connectivity index (χ0n) is 10.1. The second-order valence-corrected chi connectivity index (χ2v) is 4.21. The molecule has 0 radical (unpaired) electrons. The molecule has 1 aliphatic heterocycles. The van der Waals surface area contributed by atoms with E-state index in [-0.39, 0.29) is 0 Å². The number of benzene rings is 1. The van der Waals surface area contributed by atoms with Gasteiger partial charge in [-0.3, -0.25) is 0 Å². The van der Waals surface area contributed by atoms with Gasteiger partial charge in [0.25, 0.3) is 0 Å². The molecule has 1 aromatic carbocycles. The molecule has 1 aromatic heterocycles. The molecule has 1 saturated heterocycles. The van der Waals surface area contributed by atoms with Crippen molar-refractivity contribution >= 4 is 5.69 Å². The number of ether oxygens (including phenoxy) is 1. The van der Waals surface area contributed by atoms with Gasteiger partial charge in [-0.05, 0) is 30.3 Å². The van der Waals surface area contributed by atoms with E-state index < -0.39 is 0 Å². The van der Waals surface area contributed by atoms with E-state index in [1.165, 1.54) is 0 Å². The van der Waals surface area contributed by atoms with Crippen LogP contribution in [0.3, 0.4) is 0 Å². The Morgan fingerprint density at radius 1 is 1.11 bits per heavy atom. The molecule has 0 bridgehead atoms. The fraction of sp³-hybridized carbons (Fsp3) is 0.308. The molecule has 0 spiro atoms. The fourth-order valence-electron chi connectivity index (χ4n) is 1.97. The summed E-state index contributed by atoms with van der Waals surface area (Å²) in [6.45, 7) is 3.42. The molecule has 1 aliphatic rings. The standard InChI is InChI=1S/C13H16N4O/c1-6-14-17(7-1)13-4-2-12(3-5-13)15-16-8-10-18-11-9-16/h1-7,15H,8-11H2. The predicted octanol–water partition coefficient (Wildman–Crippen LogP) is 1.53. The van der Waals surface area contributed by atoms with Gasteiger partial charge in [0.1, 0.15) is 0 Å². The lowest BCUT2D eigenvalue weighted by atomic mass is 10.3. The molecule has 94 valence electrons. The third kappa shape index (κ3) is 2.52. The summed E-state index contributed by atoms with van der Waals surface area (Å²) < 4.78 is 7.16. The minimum absolute atomic E-state index is 0.790. The lowest BCUT2D eigenvalue weighted by Gasteiger charge is -2.27. The molecule has 18 heavy (non-hydrogen) atoms. The van der Waals surface area contributed by atoms with Crippen LogP contribution in [0, 0.1) is 0 Å². The van der Waals surface area contributed by atoms with Gasteiger partial charge in [0.05, 0.1) is 18.9 Å². The first-order valence-electron chi connectivity index (χ1n) is 6.11. The lowest BCUT2D eigenvalue weighted by molar-refractivity contribution is 0.0497. The van der Waals surface area contributed by atoms with Gasteiger partial charge in [0.2, 0.25) is 0 Å².